The molecule has 0 spiro atoms. The number of rotatable bonds is 10. The molecule has 3 aliphatic rings. The lowest BCUT2D eigenvalue weighted by atomic mass is 9.57. The Kier molecular flexibility index (Phi) is 9.66. The number of nitrogens with zero attached hydrogens (tertiary/aromatic N) is 1. The number of methoxy groups -OCH3 is 2. The summed E-state index contributed by atoms with van der Waals surface area (Å²) in [5, 5.41) is 48.9. The molecule has 0 aromatic heterocycles. The van der Waals surface area contributed by atoms with Gasteiger partial charge in [-0.15, -0.1) is 0 Å². The summed E-state index contributed by atoms with van der Waals surface area (Å²) in [4.78, 5) is 53.7. The van der Waals surface area contributed by atoms with E-state index in [1.807, 2.05) is 26.0 Å². The fourth-order valence-electron chi connectivity index (χ4n) is 7.69. The molecule has 262 valence electrons. The van der Waals surface area contributed by atoms with Gasteiger partial charge >= 0.3 is 5.97 Å². The predicted molar refractivity (Wildman–Crippen MR) is 178 cm³/mol. The van der Waals surface area contributed by atoms with Crippen LogP contribution in [0.1, 0.15) is 43.4 Å². The minimum absolute atomic E-state index is 0.0259. The van der Waals surface area contributed by atoms with Crippen LogP contribution in [-0.2, 0) is 36.9 Å². The fraction of sp³-hybridized carbons (Fsp3) is 0.444. The van der Waals surface area contributed by atoms with Crippen molar-refractivity contribution >= 4 is 29.2 Å². The molecular formula is C36H43N3O10. The van der Waals surface area contributed by atoms with Crippen molar-refractivity contribution in [2.75, 3.05) is 28.3 Å². The number of aromatic hydroxyl groups is 1. The number of carbonyl (C=O) groups is 4. The Morgan fingerprint density at radius 2 is 1.78 bits per heavy atom. The Labute approximate surface area is 284 Å². The molecule has 5 rings (SSSR count). The van der Waals surface area contributed by atoms with E-state index in [4.69, 9.17) is 15.2 Å². The molecule has 7 N–H and O–H groups in total. The summed E-state index contributed by atoms with van der Waals surface area (Å²) >= 11 is 0. The van der Waals surface area contributed by atoms with E-state index in [0.29, 0.717) is 35.4 Å². The molecule has 2 aromatic rings. The summed E-state index contributed by atoms with van der Waals surface area (Å²) in [6.07, 6.45) is 0.651. The van der Waals surface area contributed by atoms with Crippen molar-refractivity contribution in [3.8, 4) is 22.6 Å². The molecule has 13 heteroatoms. The second-order valence-corrected chi connectivity index (χ2v) is 13.6. The van der Waals surface area contributed by atoms with E-state index in [0.717, 1.165) is 5.56 Å². The second-order valence-electron chi connectivity index (χ2n) is 13.6. The Hall–Kier alpha value is -4.72. The first-order valence-corrected chi connectivity index (χ1v) is 16.1. The Morgan fingerprint density at radius 3 is 2.37 bits per heavy atom. The van der Waals surface area contributed by atoms with Crippen molar-refractivity contribution < 1.29 is 49.1 Å². The number of phenols is 1. The van der Waals surface area contributed by atoms with Crippen molar-refractivity contribution in [1.29, 1.82) is 0 Å². The molecule has 0 radical (unpaired) electrons. The number of likely N-dealkylation sites (N-methyl/N-ethyl adjacent to an activating group) is 1. The fourth-order valence-corrected chi connectivity index (χ4v) is 7.69. The first-order chi connectivity index (χ1) is 23.1. The number of nitrogens with two attached hydrogens (primary N) is 1. The van der Waals surface area contributed by atoms with Crippen LogP contribution < -0.4 is 15.8 Å². The number of benzene rings is 2. The Balaban J connectivity index is 1.62. The third-order valence-electron chi connectivity index (χ3n) is 9.90. The average Bonchev–Trinajstić information content (AvgIpc) is 3.03. The van der Waals surface area contributed by atoms with Gasteiger partial charge in [0.05, 0.1) is 25.8 Å². The van der Waals surface area contributed by atoms with Crippen LogP contribution in [-0.4, -0.2) is 94.8 Å². The van der Waals surface area contributed by atoms with Gasteiger partial charge in [0.15, 0.2) is 11.4 Å². The number of amides is 1. The summed E-state index contributed by atoms with van der Waals surface area (Å²) < 4.78 is 10.7. The van der Waals surface area contributed by atoms with E-state index in [1.165, 1.54) is 25.2 Å². The van der Waals surface area contributed by atoms with Gasteiger partial charge in [-0.2, -0.15) is 0 Å². The van der Waals surface area contributed by atoms with Crippen LogP contribution in [0.5, 0.6) is 11.5 Å². The summed E-state index contributed by atoms with van der Waals surface area (Å²) in [5.41, 5.74) is 4.10. The van der Waals surface area contributed by atoms with Crippen LogP contribution in [0.2, 0.25) is 0 Å². The van der Waals surface area contributed by atoms with E-state index in [2.05, 4.69) is 5.32 Å². The van der Waals surface area contributed by atoms with Gasteiger partial charge in [0.2, 0.25) is 5.78 Å². The highest BCUT2D eigenvalue weighted by atomic mass is 16.5. The average molecular weight is 678 g/mol. The molecule has 5 atom stereocenters. The quantitative estimate of drug-likeness (QED) is 0.158. The maximum atomic E-state index is 14.2. The number of ketones is 2. The third-order valence-corrected chi connectivity index (χ3v) is 9.90. The van der Waals surface area contributed by atoms with E-state index in [-0.39, 0.29) is 41.6 Å². The highest BCUT2D eigenvalue weighted by Gasteiger charge is 2.64. The largest absolute Gasteiger partial charge is 0.508 e. The molecule has 1 unspecified atom stereocenters. The topological polar surface area (TPSA) is 209 Å². The number of primary amides is 1. The highest BCUT2D eigenvalue weighted by Crippen LogP contribution is 2.54. The number of fused-ring (bicyclic) bond motifs is 3. The molecule has 1 fully saturated rings. The van der Waals surface area contributed by atoms with Crippen LogP contribution in [0.3, 0.4) is 0 Å². The van der Waals surface area contributed by atoms with E-state index < -0.39 is 64.1 Å². The second kappa shape index (κ2) is 13.3. The molecular weight excluding hydrogens is 634 g/mol. The van der Waals surface area contributed by atoms with Gasteiger partial charge in [-0.3, -0.25) is 24.1 Å². The number of aliphatic hydroxyl groups excluding tert-OH is 2. The third kappa shape index (κ3) is 5.85. The van der Waals surface area contributed by atoms with Gasteiger partial charge in [0, 0.05) is 23.6 Å². The maximum Gasteiger partial charge on any atom is 0.322 e. The Bertz CT molecular complexity index is 1790. The lowest BCUT2D eigenvalue weighted by Gasteiger charge is -2.50. The molecule has 13 nitrogen and oxygen atoms in total. The maximum absolute atomic E-state index is 14.2. The highest BCUT2D eigenvalue weighted by molar-refractivity contribution is 6.24. The first-order valence-electron chi connectivity index (χ1n) is 16.1. The number of aliphatic hydroxyl groups is 3. The minimum atomic E-state index is -2.72. The van der Waals surface area contributed by atoms with Crippen molar-refractivity contribution in [2.24, 2.45) is 23.5 Å². The van der Waals surface area contributed by atoms with Gasteiger partial charge in [0.25, 0.3) is 5.91 Å². The van der Waals surface area contributed by atoms with Crippen molar-refractivity contribution in [1.82, 2.24) is 10.2 Å². The minimum Gasteiger partial charge on any atom is -0.508 e. The van der Waals surface area contributed by atoms with E-state index in [9.17, 15) is 39.6 Å². The van der Waals surface area contributed by atoms with Crippen LogP contribution in [0.25, 0.3) is 16.9 Å². The SMILES string of the molecule is COC(=O)C(CC(C)C)NCc1ccc(OC)c(-c2ccc(O)c3c2C[C@@H]2C[C@@H]4[C@H](N(C)C)C(=O)C(C(N)=O)=C(O)[C@@]4(O)C(=O)C2=C3O)c1. The lowest BCUT2D eigenvalue weighted by molar-refractivity contribution is -0.153. The summed E-state index contributed by atoms with van der Waals surface area (Å²) in [5.74, 6) is -6.80. The van der Waals surface area contributed by atoms with Crippen LogP contribution in [0, 0.1) is 17.8 Å². The molecule has 0 saturated heterocycles. The van der Waals surface area contributed by atoms with Crippen LogP contribution in [0.4, 0.5) is 0 Å². The van der Waals surface area contributed by atoms with E-state index >= 15 is 0 Å². The van der Waals surface area contributed by atoms with Gasteiger partial charge in [-0.05, 0) is 80.1 Å². The van der Waals surface area contributed by atoms with Gasteiger partial charge in [-0.1, -0.05) is 26.0 Å². The lowest BCUT2D eigenvalue weighted by Crippen LogP contribution is -2.65. The van der Waals surface area contributed by atoms with Crippen LogP contribution in [0.15, 0.2) is 47.2 Å². The normalized spacial score (nSPS) is 24.1. The molecule has 1 amide bonds. The van der Waals surface area contributed by atoms with Gasteiger partial charge in [-0.25, -0.2) is 0 Å². The zero-order chi connectivity index (χ0) is 36.1. The summed E-state index contributed by atoms with van der Waals surface area (Å²) in [7, 11) is 5.95. The van der Waals surface area contributed by atoms with Crippen molar-refractivity contribution in [3.05, 3.63) is 63.9 Å². The molecule has 1 saturated carbocycles. The number of nitrogens with one attached hydrogen (secondary N) is 1. The first kappa shape index (κ1) is 35.6. The smallest absolute Gasteiger partial charge is 0.322 e. The summed E-state index contributed by atoms with van der Waals surface area (Å²) in [6.45, 7) is 4.34. The number of phenolic OH excluding ortho intramolecular Hbond substituents is 1. The summed E-state index contributed by atoms with van der Waals surface area (Å²) in [6, 6.07) is 6.85. The van der Waals surface area contributed by atoms with Gasteiger partial charge in [0.1, 0.15) is 34.6 Å². The van der Waals surface area contributed by atoms with E-state index in [1.54, 1.807) is 26.2 Å². The molecule has 49 heavy (non-hydrogen) atoms. The number of ether oxygens (including phenoxy) is 2. The molecule has 3 aliphatic carbocycles. The molecule has 0 heterocycles. The van der Waals surface area contributed by atoms with Crippen molar-refractivity contribution in [3.63, 3.8) is 0 Å². The zero-order valence-corrected chi connectivity index (χ0v) is 28.4. The molecule has 0 bridgehead atoms. The Morgan fingerprint density at radius 1 is 1.08 bits per heavy atom. The molecule has 2 aromatic carbocycles. The predicted octanol–water partition coefficient (Wildman–Crippen LogP) is 2.32. The number of Topliss-reactive ketones (excluding diaryl/α,β-unsaturated/α-hetero) is 2. The monoisotopic (exact) mass is 677 g/mol. The number of carbonyl (C=O) groups excluding carboxylic acids is 4. The molecule has 0 aliphatic heterocycles. The zero-order valence-electron chi connectivity index (χ0n) is 28.4. The number of esters is 1. The number of hydrogen-bond donors (Lipinski definition) is 6. The van der Waals surface area contributed by atoms with Crippen LogP contribution >= 0.6 is 0 Å². The van der Waals surface area contributed by atoms with Gasteiger partial charge < -0.3 is 41.0 Å². The van der Waals surface area contributed by atoms with Crippen molar-refractivity contribution in [2.45, 2.75) is 57.3 Å². The standard InChI is InChI=1S/C36H43N3O10/c1-16(2)11-23(35(46)49-6)38-15-17-7-10-25(48-5)20(12-17)19-8-9-24(40)27-21(19)13-18-14-22-29(39(3)4)31(42)28(34(37)45)33(44)36(22,47)32(43)26(18)30(27)41/h7-10,12,16,18,22-23,29,38,40-41,44,47H,11,13-15H2,1-6H3,(H2,37,45)/t18-,22-,23?,29+,36+/m1/s1. The number of hydrogen-bond acceptors (Lipinski definition) is 12.